The lowest BCUT2D eigenvalue weighted by Gasteiger charge is -2.41. The molecule has 7 heteroatoms. The molecule has 0 unspecified atom stereocenters. The van der Waals surface area contributed by atoms with Gasteiger partial charge in [0.2, 0.25) is 0 Å². The molecule has 0 bridgehead atoms. The lowest BCUT2D eigenvalue weighted by molar-refractivity contribution is 0.0734. The molecule has 1 saturated heterocycles. The predicted molar refractivity (Wildman–Crippen MR) is 128 cm³/mol. The molecule has 1 aliphatic carbocycles. The van der Waals surface area contributed by atoms with Gasteiger partial charge < -0.3 is 14.9 Å². The van der Waals surface area contributed by atoms with Gasteiger partial charge in [0.25, 0.3) is 0 Å². The van der Waals surface area contributed by atoms with Crippen LogP contribution in [0.4, 0.5) is 11.6 Å². The number of hydrogen-bond donors (Lipinski definition) is 1. The van der Waals surface area contributed by atoms with Gasteiger partial charge in [0.05, 0.1) is 23.8 Å². The van der Waals surface area contributed by atoms with Gasteiger partial charge in [-0.25, -0.2) is 4.98 Å². The molecule has 0 spiro atoms. The lowest BCUT2D eigenvalue weighted by atomic mass is 9.99. The monoisotopic (exact) mass is 434 g/mol. The third-order valence-electron chi connectivity index (χ3n) is 6.53. The van der Waals surface area contributed by atoms with E-state index in [1.807, 2.05) is 0 Å². The van der Waals surface area contributed by atoms with Crippen LogP contribution in [0.2, 0.25) is 0 Å². The summed E-state index contributed by atoms with van der Waals surface area (Å²) < 4.78 is 0. The molecule has 2 aromatic rings. The van der Waals surface area contributed by atoms with E-state index < -0.39 is 5.60 Å². The van der Waals surface area contributed by atoms with Crippen LogP contribution in [-0.2, 0) is 12.0 Å². The number of aliphatic hydroxyl groups is 1. The van der Waals surface area contributed by atoms with Crippen molar-refractivity contribution in [1.82, 2.24) is 20.2 Å². The zero-order valence-electron chi connectivity index (χ0n) is 19.8. The van der Waals surface area contributed by atoms with Crippen LogP contribution >= 0.6 is 0 Å². The van der Waals surface area contributed by atoms with Crippen LogP contribution in [0, 0.1) is 13.8 Å². The Morgan fingerprint density at radius 2 is 1.88 bits per heavy atom. The van der Waals surface area contributed by atoms with E-state index in [0.29, 0.717) is 5.69 Å². The Labute approximate surface area is 190 Å². The van der Waals surface area contributed by atoms with Crippen LogP contribution in [0.25, 0.3) is 0 Å². The summed E-state index contributed by atoms with van der Waals surface area (Å²) in [5.74, 6) is 1.82. The highest BCUT2D eigenvalue weighted by atomic mass is 16.3. The third-order valence-corrected chi connectivity index (χ3v) is 6.53. The molecule has 0 radical (unpaired) electrons. The minimum absolute atomic E-state index is 0.254. The lowest BCUT2D eigenvalue weighted by Crippen LogP contribution is -2.53. The first-order valence-corrected chi connectivity index (χ1v) is 11.5. The van der Waals surface area contributed by atoms with Gasteiger partial charge in [-0.3, -0.25) is 4.98 Å². The zero-order chi connectivity index (χ0) is 22.9. The number of anilines is 2. The van der Waals surface area contributed by atoms with Gasteiger partial charge in [-0.15, -0.1) is 5.10 Å². The number of rotatable bonds is 5. The normalized spacial score (nSPS) is 19.3. The number of piperazine rings is 1. The van der Waals surface area contributed by atoms with Gasteiger partial charge in [0.1, 0.15) is 11.4 Å². The van der Waals surface area contributed by atoms with Crippen LogP contribution in [-0.4, -0.2) is 50.9 Å². The molecule has 32 heavy (non-hydrogen) atoms. The smallest absolute Gasteiger partial charge is 0.154 e. The number of allylic oxidation sites excluding steroid dienone is 4. The van der Waals surface area contributed by atoms with E-state index in [0.717, 1.165) is 56.2 Å². The molecule has 0 aromatic carbocycles. The van der Waals surface area contributed by atoms with E-state index in [9.17, 15) is 5.11 Å². The Hall–Kier alpha value is -2.80. The Kier molecular flexibility index (Phi) is 6.29. The summed E-state index contributed by atoms with van der Waals surface area (Å²) >= 11 is 0. The van der Waals surface area contributed by atoms with E-state index in [1.165, 1.54) is 16.7 Å². The van der Waals surface area contributed by atoms with E-state index in [1.54, 1.807) is 26.2 Å². The Morgan fingerprint density at radius 1 is 1.06 bits per heavy atom. The van der Waals surface area contributed by atoms with Crippen LogP contribution in [0.1, 0.15) is 56.1 Å². The second-order valence-electron chi connectivity index (χ2n) is 9.46. The number of hydrogen-bond acceptors (Lipinski definition) is 7. The summed E-state index contributed by atoms with van der Waals surface area (Å²) in [6.45, 7) is 12.5. The fraction of sp³-hybridized carbons (Fsp3) is 0.520. The molecule has 3 heterocycles. The van der Waals surface area contributed by atoms with Gasteiger partial charge in [-0.05, 0) is 64.2 Å². The van der Waals surface area contributed by atoms with Gasteiger partial charge in [-0.1, -0.05) is 18.2 Å². The molecule has 2 aliphatic rings. The van der Waals surface area contributed by atoms with Crippen molar-refractivity contribution in [3.05, 3.63) is 58.7 Å². The van der Waals surface area contributed by atoms with Crippen molar-refractivity contribution in [1.29, 1.82) is 0 Å². The van der Waals surface area contributed by atoms with Crippen LogP contribution < -0.4 is 9.80 Å². The molecule has 0 amide bonds. The second kappa shape index (κ2) is 8.98. The fourth-order valence-corrected chi connectivity index (χ4v) is 4.38. The highest BCUT2D eigenvalue weighted by Gasteiger charge is 2.28. The minimum Gasteiger partial charge on any atom is -0.384 e. The molecule has 170 valence electrons. The highest BCUT2D eigenvalue weighted by Crippen LogP contribution is 2.27. The van der Waals surface area contributed by atoms with Crippen molar-refractivity contribution >= 4 is 11.6 Å². The highest BCUT2D eigenvalue weighted by molar-refractivity contribution is 5.53. The molecule has 0 saturated carbocycles. The summed E-state index contributed by atoms with van der Waals surface area (Å²) in [7, 11) is 0. The molecular formula is C25H34N6O. The topological polar surface area (TPSA) is 78.3 Å². The first-order valence-electron chi connectivity index (χ1n) is 11.5. The summed E-state index contributed by atoms with van der Waals surface area (Å²) in [6.07, 6.45) is 13.3. The Morgan fingerprint density at radius 3 is 2.50 bits per heavy atom. The van der Waals surface area contributed by atoms with Crippen LogP contribution in [0.3, 0.4) is 0 Å². The van der Waals surface area contributed by atoms with Crippen molar-refractivity contribution in [3.8, 4) is 0 Å². The third kappa shape index (κ3) is 4.67. The molecule has 1 aliphatic heterocycles. The first-order chi connectivity index (χ1) is 15.2. The van der Waals surface area contributed by atoms with E-state index in [2.05, 4.69) is 69.0 Å². The molecule has 2 aromatic heterocycles. The molecular weight excluding hydrogens is 400 g/mol. The van der Waals surface area contributed by atoms with Crippen molar-refractivity contribution < 1.29 is 5.11 Å². The van der Waals surface area contributed by atoms with Crippen molar-refractivity contribution in [2.45, 2.75) is 65.5 Å². The number of aromatic nitrogens is 4. The first kappa shape index (κ1) is 22.4. The van der Waals surface area contributed by atoms with Crippen LogP contribution in [0.5, 0.6) is 0 Å². The maximum Gasteiger partial charge on any atom is 0.154 e. The zero-order valence-corrected chi connectivity index (χ0v) is 19.8. The van der Waals surface area contributed by atoms with Crippen LogP contribution in [0.15, 0.2) is 36.2 Å². The quantitative estimate of drug-likeness (QED) is 0.770. The van der Waals surface area contributed by atoms with Gasteiger partial charge in [0, 0.05) is 32.1 Å². The maximum atomic E-state index is 10.1. The molecule has 7 nitrogen and oxygen atoms in total. The molecule has 4 rings (SSSR count). The summed E-state index contributed by atoms with van der Waals surface area (Å²) in [5, 5.41) is 19.4. The summed E-state index contributed by atoms with van der Waals surface area (Å²) in [4.78, 5) is 13.6. The minimum atomic E-state index is -0.986. The average molecular weight is 435 g/mol. The predicted octanol–water partition coefficient (Wildman–Crippen LogP) is 3.64. The maximum absolute atomic E-state index is 10.1. The molecule has 1 N–H and O–H groups in total. The second-order valence-corrected chi connectivity index (χ2v) is 9.46. The van der Waals surface area contributed by atoms with E-state index >= 15 is 0 Å². The largest absolute Gasteiger partial charge is 0.384 e. The van der Waals surface area contributed by atoms with Gasteiger partial charge >= 0.3 is 0 Å². The average Bonchev–Trinajstić information content (AvgIpc) is 2.77. The van der Waals surface area contributed by atoms with Crippen molar-refractivity contribution in [2.24, 2.45) is 0 Å². The summed E-state index contributed by atoms with van der Waals surface area (Å²) in [5.41, 5.74) is 4.44. The van der Waals surface area contributed by atoms with Crippen molar-refractivity contribution in [2.75, 3.05) is 29.4 Å². The Bertz CT molecular complexity index is 1020. The fourth-order valence-electron chi connectivity index (χ4n) is 4.38. The summed E-state index contributed by atoms with van der Waals surface area (Å²) in [6, 6.07) is 0.254. The number of nitrogens with zero attached hydrogens (tertiary/aromatic N) is 6. The van der Waals surface area contributed by atoms with Gasteiger partial charge in [0.15, 0.2) is 5.82 Å². The van der Waals surface area contributed by atoms with Gasteiger partial charge in [-0.2, -0.15) is 5.10 Å². The van der Waals surface area contributed by atoms with E-state index in [4.69, 9.17) is 0 Å². The molecule has 1 atom stereocenters. The standard InChI is InChI=1S/C25H34N6O/c1-17-16-30(11-12-31(17)23-15-26-22(14-27-23)25(4,5)32)24-19(3)18(2)21(28-29-24)13-20-9-7-6-8-10-20/h7,9-10,14-15,17,32H,6,8,11-13,16H2,1-5H3/t17-/m1/s1. The Balaban J connectivity index is 1.46. The van der Waals surface area contributed by atoms with E-state index in [-0.39, 0.29) is 6.04 Å². The molecule has 1 fully saturated rings. The SMILES string of the molecule is Cc1c(CC2=CCCC=C2)nnc(N2CCN(c3cnc(C(C)(C)O)cn3)[C@H](C)C2)c1C. The van der Waals surface area contributed by atoms with Crippen molar-refractivity contribution in [3.63, 3.8) is 0 Å².